The lowest BCUT2D eigenvalue weighted by Gasteiger charge is -2.13. The Bertz CT molecular complexity index is 312. The lowest BCUT2D eigenvalue weighted by molar-refractivity contribution is 0.234. The van der Waals surface area contributed by atoms with Gasteiger partial charge in [-0.2, -0.15) is 0 Å². The summed E-state index contributed by atoms with van der Waals surface area (Å²) in [6.45, 7) is 0.698. The van der Waals surface area contributed by atoms with Gasteiger partial charge in [-0.15, -0.1) is 0 Å². The minimum absolute atomic E-state index is 0.192. The van der Waals surface area contributed by atoms with Crippen molar-refractivity contribution in [2.75, 3.05) is 13.6 Å². The van der Waals surface area contributed by atoms with Crippen LogP contribution in [0.5, 0.6) is 0 Å². The molecule has 1 amide bonds. The fourth-order valence-corrected chi connectivity index (χ4v) is 1.41. The highest BCUT2D eigenvalue weighted by atomic mass is 79.9. The van der Waals surface area contributed by atoms with Crippen molar-refractivity contribution in [2.24, 2.45) is 0 Å². The van der Waals surface area contributed by atoms with E-state index in [4.69, 9.17) is 0 Å². The average Bonchev–Trinajstić information content (AvgIpc) is 2.16. The van der Waals surface area contributed by atoms with Gasteiger partial charge in [0.2, 0.25) is 0 Å². The summed E-state index contributed by atoms with van der Waals surface area (Å²) in [4.78, 5) is 12.4. The summed E-state index contributed by atoms with van der Waals surface area (Å²) in [6.07, 6.45) is 0.857. The second-order valence-electron chi connectivity index (χ2n) is 3.08. The molecule has 0 N–H and O–H groups in total. The van der Waals surface area contributed by atoms with Gasteiger partial charge >= 0.3 is 0 Å². The molecule has 0 spiro atoms. The highest BCUT2D eigenvalue weighted by Gasteiger charge is 2.02. The van der Waals surface area contributed by atoms with Gasteiger partial charge in [-0.3, -0.25) is 4.79 Å². The van der Waals surface area contributed by atoms with Crippen LogP contribution in [-0.2, 0) is 6.42 Å². The normalized spacial score (nSPS) is 9.93. The number of amides is 1. The van der Waals surface area contributed by atoms with Crippen LogP contribution in [0.2, 0.25) is 0 Å². The number of hydrogen-bond donors (Lipinski definition) is 1. The van der Waals surface area contributed by atoms with Gasteiger partial charge in [0.05, 0.1) is 0 Å². The number of carbonyl (C=O) groups excluding carboxylic acids is 1. The number of carbonyl (C=O) groups is 1. The van der Waals surface area contributed by atoms with Crippen LogP contribution < -0.4 is 0 Å². The van der Waals surface area contributed by atoms with E-state index in [2.05, 4.69) is 28.6 Å². The summed E-state index contributed by atoms with van der Waals surface area (Å²) < 4.78 is 1.07. The Kier molecular flexibility index (Phi) is 4.48. The molecule has 0 bridgehead atoms. The number of rotatable bonds is 3. The predicted octanol–water partition coefficient (Wildman–Crippen LogP) is 2.97. The zero-order chi connectivity index (χ0) is 10.6. The number of thiol groups is 1. The van der Waals surface area contributed by atoms with Gasteiger partial charge in [0.1, 0.15) is 0 Å². The first-order valence-corrected chi connectivity index (χ1v) is 5.52. The van der Waals surface area contributed by atoms with Gasteiger partial charge in [-0.05, 0) is 24.1 Å². The quantitative estimate of drug-likeness (QED) is 0.840. The molecule has 4 heteroatoms. The van der Waals surface area contributed by atoms with Crippen LogP contribution in [0.1, 0.15) is 5.56 Å². The second-order valence-corrected chi connectivity index (χ2v) is 4.38. The van der Waals surface area contributed by atoms with E-state index in [9.17, 15) is 4.79 Å². The highest BCUT2D eigenvalue weighted by molar-refractivity contribution is 9.10. The zero-order valence-electron chi connectivity index (χ0n) is 7.90. The summed E-state index contributed by atoms with van der Waals surface area (Å²) in [7, 11) is 1.74. The van der Waals surface area contributed by atoms with Crippen LogP contribution >= 0.6 is 28.6 Å². The molecule has 0 saturated carbocycles. The van der Waals surface area contributed by atoms with Gasteiger partial charge in [0, 0.05) is 18.1 Å². The van der Waals surface area contributed by atoms with Crippen molar-refractivity contribution in [1.82, 2.24) is 4.90 Å². The Labute approximate surface area is 97.8 Å². The third-order valence-corrected chi connectivity index (χ3v) is 2.85. The summed E-state index contributed by atoms with van der Waals surface area (Å²) in [5, 5.41) is -0.192. The van der Waals surface area contributed by atoms with E-state index >= 15 is 0 Å². The van der Waals surface area contributed by atoms with Crippen LogP contribution in [0.15, 0.2) is 28.7 Å². The third-order valence-electron chi connectivity index (χ3n) is 1.98. The number of nitrogens with zero attached hydrogens (tertiary/aromatic N) is 1. The molecule has 0 fully saturated rings. The summed E-state index contributed by atoms with van der Waals surface area (Å²) in [6, 6.07) is 8.08. The molecule has 0 saturated heterocycles. The van der Waals surface area contributed by atoms with Crippen LogP contribution in [0.3, 0.4) is 0 Å². The first-order valence-electron chi connectivity index (χ1n) is 4.28. The Morgan fingerprint density at radius 2 is 2.00 bits per heavy atom. The fourth-order valence-electron chi connectivity index (χ4n) is 1.04. The average molecular weight is 274 g/mol. The summed E-state index contributed by atoms with van der Waals surface area (Å²) in [5.41, 5.74) is 1.22. The maximum atomic E-state index is 10.8. The van der Waals surface area contributed by atoms with E-state index in [1.807, 2.05) is 24.3 Å². The first kappa shape index (κ1) is 11.6. The van der Waals surface area contributed by atoms with E-state index in [0.717, 1.165) is 10.9 Å². The predicted molar refractivity (Wildman–Crippen MR) is 64.9 cm³/mol. The smallest absolute Gasteiger partial charge is 0.278 e. The second kappa shape index (κ2) is 5.41. The SMILES string of the molecule is CN(CCc1ccc(Br)cc1)C(=O)S. The molecule has 76 valence electrons. The van der Waals surface area contributed by atoms with Crippen molar-refractivity contribution in [3.8, 4) is 0 Å². The highest BCUT2D eigenvalue weighted by Crippen LogP contribution is 2.11. The van der Waals surface area contributed by atoms with Gasteiger partial charge in [-0.25, -0.2) is 0 Å². The van der Waals surface area contributed by atoms with Gasteiger partial charge in [0.25, 0.3) is 5.24 Å². The number of benzene rings is 1. The van der Waals surface area contributed by atoms with Gasteiger partial charge in [0.15, 0.2) is 0 Å². The maximum Gasteiger partial charge on any atom is 0.278 e. The molecule has 2 nitrogen and oxygen atoms in total. The Balaban J connectivity index is 2.46. The van der Waals surface area contributed by atoms with E-state index in [1.165, 1.54) is 5.56 Å². The minimum Gasteiger partial charge on any atom is -0.337 e. The molecule has 0 atom stereocenters. The van der Waals surface area contributed by atoms with Gasteiger partial charge in [-0.1, -0.05) is 40.7 Å². The Morgan fingerprint density at radius 3 is 2.50 bits per heavy atom. The van der Waals surface area contributed by atoms with Crippen LogP contribution in [0.4, 0.5) is 4.79 Å². The Morgan fingerprint density at radius 1 is 1.43 bits per heavy atom. The van der Waals surface area contributed by atoms with E-state index in [0.29, 0.717) is 6.54 Å². The number of likely N-dealkylation sites (N-methyl/N-ethyl adjacent to an activating group) is 1. The molecule has 1 aromatic rings. The van der Waals surface area contributed by atoms with Crippen LogP contribution in [0.25, 0.3) is 0 Å². The van der Waals surface area contributed by atoms with Crippen molar-refractivity contribution < 1.29 is 4.79 Å². The van der Waals surface area contributed by atoms with E-state index in [1.54, 1.807) is 11.9 Å². The third kappa shape index (κ3) is 3.72. The molecular weight excluding hydrogens is 262 g/mol. The van der Waals surface area contributed by atoms with Crippen molar-refractivity contribution in [3.63, 3.8) is 0 Å². The molecule has 0 unspecified atom stereocenters. The van der Waals surface area contributed by atoms with Crippen molar-refractivity contribution in [1.29, 1.82) is 0 Å². The molecule has 0 aromatic heterocycles. The molecule has 0 aliphatic heterocycles. The number of halogens is 1. The molecule has 0 heterocycles. The lowest BCUT2D eigenvalue weighted by atomic mass is 10.1. The topological polar surface area (TPSA) is 20.3 Å². The van der Waals surface area contributed by atoms with Crippen LogP contribution in [0, 0.1) is 0 Å². The van der Waals surface area contributed by atoms with Crippen molar-refractivity contribution >= 4 is 33.8 Å². The molecule has 0 aliphatic rings. The summed E-state index contributed by atoms with van der Waals surface area (Å²) >= 11 is 7.11. The number of hydrogen-bond acceptors (Lipinski definition) is 1. The lowest BCUT2D eigenvalue weighted by Crippen LogP contribution is -2.23. The monoisotopic (exact) mass is 273 g/mol. The largest absolute Gasteiger partial charge is 0.337 e. The molecule has 0 aliphatic carbocycles. The Hall–Kier alpha value is -0.480. The zero-order valence-corrected chi connectivity index (χ0v) is 10.4. The maximum absolute atomic E-state index is 10.8. The first-order chi connectivity index (χ1) is 6.59. The fraction of sp³-hybridized carbons (Fsp3) is 0.300. The van der Waals surface area contributed by atoms with E-state index in [-0.39, 0.29) is 5.24 Å². The standard InChI is InChI=1S/C10H12BrNOS/c1-12(10(13)14)7-6-8-2-4-9(11)5-3-8/h2-5H,6-7H2,1H3,(H,13,14). The molecule has 0 radical (unpaired) electrons. The summed E-state index contributed by atoms with van der Waals surface area (Å²) in [5.74, 6) is 0. The van der Waals surface area contributed by atoms with Gasteiger partial charge < -0.3 is 4.90 Å². The van der Waals surface area contributed by atoms with E-state index < -0.39 is 0 Å². The van der Waals surface area contributed by atoms with Crippen molar-refractivity contribution in [2.45, 2.75) is 6.42 Å². The van der Waals surface area contributed by atoms with Crippen LogP contribution in [-0.4, -0.2) is 23.7 Å². The molecule has 1 rings (SSSR count). The molecule has 1 aromatic carbocycles. The molecule has 14 heavy (non-hydrogen) atoms. The minimum atomic E-state index is -0.192. The molecular formula is C10H12BrNOS. The van der Waals surface area contributed by atoms with Crippen molar-refractivity contribution in [3.05, 3.63) is 34.3 Å².